The van der Waals surface area contributed by atoms with E-state index in [-0.39, 0.29) is 5.91 Å². The van der Waals surface area contributed by atoms with Gasteiger partial charge in [0.05, 0.1) is 5.69 Å². The van der Waals surface area contributed by atoms with Crippen molar-refractivity contribution in [2.45, 2.75) is 13.8 Å². The molecule has 4 rings (SSSR count). The highest BCUT2D eigenvalue weighted by Crippen LogP contribution is 2.26. The second kappa shape index (κ2) is 7.78. The topological polar surface area (TPSA) is 59.2 Å². The Morgan fingerprint density at radius 2 is 1.93 bits per heavy atom. The van der Waals surface area contributed by atoms with Crippen molar-refractivity contribution in [1.29, 1.82) is 0 Å². The Kier molecular flexibility index (Phi) is 5.04. The van der Waals surface area contributed by atoms with Crippen molar-refractivity contribution in [3.05, 3.63) is 65.5 Å². The van der Waals surface area contributed by atoms with E-state index >= 15 is 0 Å². The van der Waals surface area contributed by atoms with Gasteiger partial charge in [-0.3, -0.25) is 9.69 Å². The normalized spacial score (nSPS) is 11.4. The van der Waals surface area contributed by atoms with E-state index < -0.39 is 0 Å². The van der Waals surface area contributed by atoms with Gasteiger partial charge in [0.25, 0.3) is 0 Å². The third kappa shape index (κ3) is 3.73. The highest BCUT2D eigenvalue weighted by Gasteiger charge is 2.12. The first-order valence-corrected chi connectivity index (χ1v) is 9.89. The van der Waals surface area contributed by atoms with E-state index in [9.17, 15) is 4.79 Å². The van der Waals surface area contributed by atoms with Crippen LogP contribution >= 0.6 is 11.3 Å². The van der Waals surface area contributed by atoms with E-state index in [1.807, 2.05) is 54.8 Å². The smallest absolute Gasteiger partial charge is 0.225 e. The monoisotopic (exact) mass is 389 g/mol. The van der Waals surface area contributed by atoms with E-state index in [1.54, 1.807) is 17.9 Å². The third-order valence-corrected chi connectivity index (χ3v) is 5.23. The number of hydrogen-bond donors (Lipinski definition) is 0. The van der Waals surface area contributed by atoms with Crippen LogP contribution in [0.3, 0.4) is 0 Å². The fraction of sp³-hybridized carbons (Fsp3) is 0.136. The van der Waals surface area contributed by atoms with Gasteiger partial charge in [0.1, 0.15) is 5.52 Å². The second-order valence-electron chi connectivity index (χ2n) is 6.25. The van der Waals surface area contributed by atoms with E-state index in [1.165, 1.54) is 11.3 Å². The highest BCUT2D eigenvalue weighted by molar-refractivity contribution is 7.14. The number of carbonyl (C=O) groups is 1. The standard InChI is InChI=1S/C22H19N3O2S/c1-3-25(15(2)26)22-23-18(14-28-22)10-12-21-24-19-13-17(9-11-20(19)27-21)16-7-5-4-6-8-16/h4-14H,3H2,1-2H3/b12-10+. The Hall–Kier alpha value is -3.25. The van der Waals surface area contributed by atoms with Gasteiger partial charge in [-0.15, -0.1) is 11.3 Å². The average Bonchev–Trinajstić information content (AvgIpc) is 3.33. The first kappa shape index (κ1) is 18.1. The summed E-state index contributed by atoms with van der Waals surface area (Å²) in [4.78, 5) is 22.3. The average molecular weight is 389 g/mol. The van der Waals surface area contributed by atoms with Gasteiger partial charge in [-0.25, -0.2) is 9.97 Å². The third-order valence-electron chi connectivity index (χ3n) is 4.34. The summed E-state index contributed by atoms with van der Waals surface area (Å²) < 4.78 is 5.81. The Bertz CT molecular complexity index is 1150. The van der Waals surface area contributed by atoms with Gasteiger partial charge in [-0.2, -0.15) is 0 Å². The van der Waals surface area contributed by atoms with Crippen LogP contribution in [0, 0.1) is 0 Å². The van der Waals surface area contributed by atoms with E-state index in [2.05, 4.69) is 22.1 Å². The molecule has 0 radical (unpaired) electrons. The fourth-order valence-corrected chi connectivity index (χ4v) is 3.85. The minimum Gasteiger partial charge on any atom is -0.437 e. The molecule has 0 atom stereocenters. The van der Waals surface area contributed by atoms with E-state index in [0.29, 0.717) is 17.6 Å². The minimum atomic E-state index is -0.0134. The molecule has 2 aromatic heterocycles. The largest absolute Gasteiger partial charge is 0.437 e. The lowest BCUT2D eigenvalue weighted by Crippen LogP contribution is -2.27. The Morgan fingerprint density at radius 3 is 2.68 bits per heavy atom. The fourth-order valence-electron chi connectivity index (χ4n) is 2.95. The van der Waals surface area contributed by atoms with Crippen LogP contribution in [0.2, 0.25) is 0 Å². The summed E-state index contributed by atoms with van der Waals surface area (Å²) in [5, 5.41) is 2.60. The molecule has 5 nitrogen and oxygen atoms in total. The molecule has 0 spiro atoms. The number of anilines is 1. The number of rotatable bonds is 5. The lowest BCUT2D eigenvalue weighted by Gasteiger charge is -2.14. The maximum atomic E-state index is 11.6. The first-order valence-electron chi connectivity index (χ1n) is 9.02. The molecule has 6 heteroatoms. The van der Waals surface area contributed by atoms with Gasteiger partial charge >= 0.3 is 0 Å². The van der Waals surface area contributed by atoms with Gasteiger partial charge in [-0.1, -0.05) is 36.4 Å². The molecule has 4 aromatic rings. The zero-order valence-electron chi connectivity index (χ0n) is 15.6. The SMILES string of the molecule is CCN(C(C)=O)c1nc(/C=C/c2nc3cc(-c4ccccc4)ccc3o2)cs1. The van der Waals surface area contributed by atoms with Crippen molar-refractivity contribution in [2.24, 2.45) is 0 Å². The maximum absolute atomic E-state index is 11.6. The molecule has 0 saturated carbocycles. The van der Waals surface area contributed by atoms with Crippen LogP contribution < -0.4 is 4.90 Å². The van der Waals surface area contributed by atoms with Crippen LogP contribution in [0.25, 0.3) is 34.4 Å². The van der Waals surface area contributed by atoms with Gasteiger partial charge < -0.3 is 4.42 Å². The van der Waals surface area contributed by atoms with Crippen LogP contribution in [0.15, 0.2) is 58.3 Å². The van der Waals surface area contributed by atoms with Gasteiger partial charge in [0.15, 0.2) is 10.7 Å². The number of fused-ring (bicyclic) bond motifs is 1. The first-order chi connectivity index (χ1) is 13.6. The zero-order valence-corrected chi connectivity index (χ0v) is 16.4. The Morgan fingerprint density at radius 1 is 1.11 bits per heavy atom. The molecule has 0 bridgehead atoms. The predicted molar refractivity (Wildman–Crippen MR) is 114 cm³/mol. The summed E-state index contributed by atoms with van der Waals surface area (Å²) in [6.45, 7) is 4.07. The molecule has 2 aromatic carbocycles. The lowest BCUT2D eigenvalue weighted by molar-refractivity contribution is -0.116. The summed E-state index contributed by atoms with van der Waals surface area (Å²) in [5.41, 5.74) is 4.57. The summed E-state index contributed by atoms with van der Waals surface area (Å²) in [7, 11) is 0. The number of benzene rings is 2. The van der Waals surface area contributed by atoms with Gasteiger partial charge in [0, 0.05) is 24.9 Å². The Balaban J connectivity index is 1.57. The summed E-state index contributed by atoms with van der Waals surface area (Å²) >= 11 is 1.44. The van der Waals surface area contributed by atoms with Crippen LogP contribution in [-0.4, -0.2) is 22.4 Å². The number of carbonyl (C=O) groups excluding carboxylic acids is 1. The maximum Gasteiger partial charge on any atom is 0.225 e. The van der Waals surface area contributed by atoms with Crippen LogP contribution in [-0.2, 0) is 4.79 Å². The molecule has 0 saturated heterocycles. The van der Waals surface area contributed by atoms with Crippen molar-refractivity contribution in [2.75, 3.05) is 11.4 Å². The number of aromatic nitrogens is 2. The summed E-state index contributed by atoms with van der Waals surface area (Å²) in [6.07, 6.45) is 3.64. The Labute approximate surface area is 167 Å². The molecule has 0 N–H and O–H groups in total. The van der Waals surface area contributed by atoms with Crippen molar-refractivity contribution in [3.63, 3.8) is 0 Å². The number of nitrogens with zero attached hydrogens (tertiary/aromatic N) is 3. The van der Waals surface area contributed by atoms with Crippen LogP contribution in [0.4, 0.5) is 5.13 Å². The summed E-state index contributed by atoms with van der Waals surface area (Å²) in [6, 6.07) is 16.2. The van der Waals surface area contributed by atoms with Crippen molar-refractivity contribution < 1.29 is 9.21 Å². The lowest BCUT2D eigenvalue weighted by atomic mass is 10.1. The van der Waals surface area contributed by atoms with Crippen molar-refractivity contribution in [3.8, 4) is 11.1 Å². The molecule has 0 aliphatic heterocycles. The van der Waals surface area contributed by atoms with E-state index in [4.69, 9.17) is 4.42 Å². The van der Waals surface area contributed by atoms with Crippen LogP contribution in [0.5, 0.6) is 0 Å². The molecule has 0 aliphatic carbocycles. The molecule has 28 heavy (non-hydrogen) atoms. The van der Waals surface area contributed by atoms with Gasteiger partial charge in [0.2, 0.25) is 11.8 Å². The second-order valence-corrected chi connectivity index (χ2v) is 7.09. The molecule has 1 amide bonds. The molecule has 2 heterocycles. The number of hydrogen-bond acceptors (Lipinski definition) is 5. The molecular formula is C22H19N3O2S. The highest BCUT2D eigenvalue weighted by atomic mass is 32.1. The van der Waals surface area contributed by atoms with E-state index in [0.717, 1.165) is 27.9 Å². The van der Waals surface area contributed by atoms with Crippen LogP contribution in [0.1, 0.15) is 25.4 Å². The summed E-state index contributed by atoms with van der Waals surface area (Å²) in [5.74, 6) is 0.509. The molecule has 0 unspecified atom stereocenters. The molecule has 140 valence electrons. The van der Waals surface area contributed by atoms with Gasteiger partial charge in [-0.05, 0) is 36.3 Å². The number of amides is 1. The molecular weight excluding hydrogens is 370 g/mol. The number of thiazole rings is 1. The number of oxazole rings is 1. The molecule has 0 aliphatic rings. The zero-order chi connectivity index (χ0) is 19.5. The predicted octanol–water partition coefficient (Wildman–Crippen LogP) is 5.49. The van der Waals surface area contributed by atoms with Crippen molar-refractivity contribution in [1.82, 2.24) is 9.97 Å². The molecule has 0 fully saturated rings. The minimum absolute atomic E-state index is 0.0134. The quantitative estimate of drug-likeness (QED) is 0.452. The van der Waals surface area contributed by atoms with Crippen molar-refractivity contribution >= 4 is 45.6 Å².